The fourth-order valence-electron chi connectivity index (χ4n) is 10.4. The van der Waals surface area contributed by atoms with Crippen molar-refractivity contribution < 1.29 is 8.83 Å². The summed E-state index contributed by atoms with van der Waals surface area (Å²) in [5.74, 6) is 1.59. The zero-order chi connectivity index (χ0) is 43.0. The van der Waals surface area contributed by atoms with E-state index >= 15 is 0 Å². The predicted octanol–water partition coefficient (Wildman–Crippen LogP) is 16.4. The summed E-state index contributed by atoms with van der Waals surface area (Å²) in [6.07, 6.45) is 0. The first kappa shape index (κ1) is 35.8. The molecule has 0 fully saturated rings. The van der Waals surface area contributed by atoms with Crippen molar-refractivity contribution in [2.24, 2.45) is 0 Å². The van der Waals surface area contributed by atoms with Crippen LogP contribution in [0.25, 0.3) is 147 Å². The number of nitrogens with zero attached hydrogens (tertiary/aromatic N) is 4. The topological polar surface area (TPSA) is 69.9 Å². The van der Waals surface area contributed by atoms with Gasteiger partial charge in [0, 0.05) is 69.2 Å². The molecular formula is C59H32N4O2S. The molecule has 0 aliphatic carbocycles. The fourth-order valence-corrected chi connectivity index (χ4v) is 11.5. The monoisotopic (exact) mass is 860 g/mol. The van der Waals surface area contributed by atoms with E-state index in [4.69, 9.17) is 23.8 Å². The predicted molar refractivity (Wildman–Crippen MR) is 273 cm³/mol. The third kappa shape index (κ3) is 5.14. The van der Waals surface area contributed by atoms with Crippen molar-refractivity contribution in [2.75, 3.05) is 0 Å². The summed E-state index contributed by atoms with van der Waals surface area (Å²) >= 11 is 1.85. The van der Waals surface area contributed by atoms with Crippen molar-refractivity contribution in [2.45, 2.75) is 0 Å². The van der Waals surface area contributed by atoms with Gasteiger partial charge in [-0.2, -0.15) is 9.97 Å². The van der Waals surface area contributed by atoms with Crippen LogP contribution < -0.4 is 0 Å². The Hall–Kier alpha value is -8.65. The van der Waals surface area contributed by atoms with Crippen LogP contribution in [0.1, 0.15) is 0 Å². The van der Waals surface area contributed by atoms with Crippen molar-refractivity contribution >= 4 is 119 Å². The van der Waals surface area contributed by atoms with Gasteiger partial charge in [-0.15, -0.1) is 11.3 Å². The molecule has 306 valence electrons. The van der Waals surface area contributed by atoms with Crippen LogP contribution in [0.2, 0.25) is 0 Å². The lowest BCUT2D eigenvalue weighted by molar-refractivity contribution is 0.668. The maximum atomic E-state index is 6.42. The molecule has 15 rings (SSSR count). The van der Waals surface area contributed by atoms with Crippen molar-refractivity contribution in [3.05, 3.63) is 194 Å². The number of rotatable bonds is 4. The van der Waals surface area contributed by atoms with Crippen molar-refractivity contribution in [3.63, 3.8) is 0 Å². The van der Waals surface area contributed by atoms with E-state index in [1.54, 1.807) is 0 Å². The second-order valence-corrected chi connectivity index (χ2v) is 18.2. The van der Waals surface area contributed by atoms with Crippen LogP contribution in [0, 0.1) is 0 Å². The Morgan fingerprint density at radius 2 is 0.909 bits per heavy atom. The van der Waals surface area contributed by atoms with Gasteiger partial charge in [-0.25, -0.2) is 4.98 Å². The van der Waals surface area contributed by atoms with Gasteiger partial charge < -0.3 is 8.83 Å². The van der Waals surface area contributed by atoms with Crippen molar-refractivity contribution in [3.8, 4) is 39.9 Å². The Balaban J connectivity index is 1.03. The van der Waals surface area contributed by atoms with Gasteiger partial charge in [0.05, 0.1) is 11.0 Å². The van der Waals surface area contributed by atoms with Crippen LogP contribution in [0.4, 0.5) is 0 Å². The average Bonchev–Trinajstić information content (AvgIpc) is 4.14. The summed E-state index contributed by atoms with van der Waals surface area (Å²) in [6.45, 7) is 0. The van der Waals surface area contributed by atoms with Gasteiger partial charge in [0.25, 0.3) is 0 Å². The highest BCUT2D eigenvalue weighted by Gasteiger charge is 2.23. The van der Waals surface area contributed by atoms with Gasteiger partial charge in [-0.3, -0.25) is 4.57 Å². The number of furan rings is 2. The molecule has 0 spiro atoms. The molecule has 15 aromatic rings. The lowest BCUT2D eigenvalue weighted by atomic mass is 9.97. The molecule has 10 aromatic carbocycles. The Bertz CT molecular complexity index is 4420. The molecule has 0 aliphatic heterocycles. The molecule has 0 aliphatic rings. The standard InChI is InChI=1S/C59H32N4O2S/c1-3-12-38-33(10-1)22-27-47-54(38)45-17-9-16-40(35-24-28-52-46(30-35)55-39-13-4-2-11-34(39)23-29-53(55)66-52)56(45)63(47)59-61-57(36-20-25-43-41-14-5-7-18-48(41)64-50(43)31-36)60-58(62-59)37-21-26-44-42-15-6-8-19-49(42)65-51(44)32-37/h1-32H. The van der Waals surface area contributed by atoms with Crippen LogP contribution in [0.3, 0.4) is 0 Å². The minimum Gasteiger partial charge on any atom is -0.456 e. The van der Waals surface area contributed by atoms with Gasteiger partial charge in [0.1, 0.15) is 22.3 Å². The summed E-state index contributed by atoms with van der Waals surface area (Å²) < 4.78 is 17.6. The van der Waals surface area contributed by atoms with Crippen LogP contribution in [-0.4, -0.2) is 19.5 Å². The van der Waals surface area contributed by atoms with Gasteiger partial charge in [0.2, 0.25) is 5.95 Å². The Labute approximate surface area is 379 Å². The SMILES string of the molecule is c1ccc2c(c1)ccc1sc3ccc(-c4cccc5c6c7ccccc7ccc6n(-c6nc(-c7ccc8c(c7)oc7ccccc78)nc(-c7ccc8c(c7)oc7ccccc78)n6)c45)cc3c12. The van der Waals surface area contributed by atoms with E-state index in [2.05, 4.69) is 162 Å². The molecule has 0 bridgehead atoms. The lowest BCUT2D eigenvalue weighted by Crippen LogP contribution is -2.07. The van der Waals surface area contributed by atoms with E-state index in [9.17, 15) is 0 Å². The molecule has 0 amide bonds. The number of benzene rings is 10. The summed E-state index contributed by atoms with van der Waals surface area (Å²) in [5, 5.41) is 13.9. The number of hydrogen-bond donors (Lipinski definition) is 0. The number of fused-ring (bicyclic) bond motifs is 16. The normalized spacial score (nSPS) is 12.2. The Morgan fingerprint density at radius 3 is 1.59 bits per heavy atom. The van der Waals surface area contributed by atoms with Gasteiger partial charge in [-0.1, -0.05) is 133 Å². The molecule has 0 unspecified atom stereocenters. The summed E-state index contributed by atoms with van der Waals surface area (Å²) in [7, 11) is 0. The van der Waals surface area contributed by atoms with E-state index in [0.717, 1.165) is 87.9 Å². The van der Waals surface area contributed by atoms with Crippen molar-refractivity contribution in [1.29, 1.82) is 0 Å². The molecule has 0 atom stereocenters. The van der Waals surface area contributed by atoms with E-state index in [-0.39, 0.29) is 0 Å². The highest BCUT2D eigenvalue weighted by molar-refractivity contribution is 7.26. The molecule has 0 saturated carbocycles. The maximum Gasteiger partial charge on any atom is 0.238 e. The minimum atomic E-state index is 0.514. The Kier molecular flexibility index (Phi) is 7.28. The largest absolute Gasteiger partial charge is 0.456 e. The van der Waals surface area contributed by atoms with Crippen molar-refractivity contribution in [1.82, 2.24) is 19.5 Å². The molecule has 0 radical (unpaired) electrons. The molecule has 6 nitrogen and oxygen atoms in total. The number of thiophene rings is 1. The summed E-state index contributed by atoms with van der Waals surface area (Å²) in [4.78, 5) is 16.1. The fraction of sp³-hybridized carbons (Fsp3) is 0. The highest BCUT2D eigenvalue weighted by Crippen LogP contribution is 2.45. The van der Waals surface area contributed by atoms with Crippen LogP contribution in [-0.2, 0) is 0 Å². The number of aromatic nitrogens is 4. The lowest BCUT2D eigenvalue weighted by Gasteiger charge is -2.13. The molecule has 66 heavy (non-hydrogen) atoms. The second-order valence-electron chi connectivity index (χ2n) is 17.1. The molecular weight excluding hydrogens is 829 g/mol. The van der Waals surface area contributed by atoms with E-state index in [1.165, 1.54) is 41.7 Å². The first-order valence-corrected chi connectivity index (χ1v) is 22.9. The second kappa shape index (κ2) is 13.4. The Morgan fingerprint density at radius 1 is 0.364 bits per heavy atom. The van der Waals surface area contributed by atoms with E-state index in [0.29, 0.717) is 17.6 Å². The average molecular weight is 861 g/mol. The third-order valence-corrected chi connectivity index (χ3v) is 14.6. The first-order valence-electron chi connectivity index (χ1n) is 22.1. The number of hydrogen-bond acceptors (Lipinski definition) is 6. The zero-order valence-electron chi connectivity index (χ0n) is 35.0. The number of para-hydroxylation sites is 3. The zero-order valence-corrected chi connectivity index (χ0v) is 35.8. The van der Waals surface area contributed by atoms with Crippen LogP contribution >= 0.6 is 11.3 Å². The molecule has 7 heteroatoms. The minimum absolute atomic E-state index is 0.514. The van der Waals surface area contributed by atoms with Crippen LogP contribution in [0.5, 0.6) is 0 Å². The maximum absolute atomic E-state index is 6.42. The molecule has 5 heterocycles. The molecule has 0 saturated heterocycles. The van der Waals surface area contributed by atoms with E-state index < -0.39 is 0 Å². The first-order chi connectivity index (χ1) is 32.7. The van der Waals surface area contributed by atoms with Gasteiger partial charge in [0.15, 0.2) is 11.6 Å². The third-order valence-electron chi connectivity index (χ3n) is 13.4. The van der Waals surface area contributed by atoms with Crippen LogP contribution in [0.15, 0.2) is 203 Å². The van der Waals surface area contributed by atoms with Gasteiger partial charge >= 0.3 is 0 Å². The van der Waals surface area contributed by atoms with Gasteiger partial charge in [-0.05, 0) is 87.8 Å². The molecule has 0 N–H and O–H groups in total. The van der Waals surface area contributed by atoms with E-state index in [1.807, 2.05) is 47.7 Å². The summed E-state index contributed by atoms with van der Waals surface area (Å²) in [6, 6.07) is 68.6. The molecule has 5 aromatic heterocycles. The smallest absolute Gasteiger partial charge is 0.238 e. The summed E-state index contributed by atoms with van der Waals surface area (Å²) in [5.41, 5.74) is 9.12. The highest BCUT2D eigenvalue weighted by atomic mass is 32.1. The quantitative estimate of drug-likeness (QED) is 0.176.